The van der Waals surface area contributed by atoms with Crippen molar-refractivity contribution in [3.63, 3.8) is 0 Å². The van der Waals surface area contributed by atoms with Crippen LogP contribution in [-0.4, -0.2) is 31.5 Å². The molecule has 1 unspecified atom stereocenters. The Bertz CT molecular complexity index is 755. The molecule has 0 radical (unpaired) electrons. The molecule has 22 heavy (non-hydrogen) atoms. The average molecular weight is 399 g/mol. The summed E-state index contributed by atoms with van der Waals surface area (Å²) >= 11 is 2.81. The summed E-state index contributed by atoms with van der Waals surface area (Å²) in [5.74, 6) is -3.47. The second-order valence-electron chi connectivity index (χ2n) is 4.77. The Kier molecular flexibility index (Phi) is 4.47. The van der Waals surface area contributed by atoms with Crippen LogP contribution in [0.25, 0.3) is 0 Å². The van der Waals surface area contributed by atoms with Crippen LogP contribution in [0, 0.1) is 21.8 Å². The predicted octanol–water partition coefficient (Wildman–Crippen LogP) is 2.15. The fraction of sp³-hybridized carbons (Fsp3) is 0.364. The summed E-state index contributed by atoms with van der Waals surface area (Å²) in [5, 5.41) is 11.0. The first-order chi connectivity index (χ1) is 10.1. The van der Waals surface area contributed by atoms with Gasteiger partial charge in [0.05, 0.1) is 15.1 Å². The number of anilines is 1. The van der Waals surface area contributed by atoms with E-state index in [0.29, 0.717) is 0 Å². The van der Waals surface area contributed by atoms with Crippen LogP contribution >= 0.6 is 15.9 Å². The van der Waals surface area contributed by atoms with E-state index in [9.17, 15) is 31.6 Å². The highest BCUT2D eigenvalue weighted by Gasteiger charge is 2.38. The Morgan fingerprint density at radius 3 is 2.64 bits per heavy atom. The highest BCUT2D eigenvalue weighted by molar-refractivity contribution is 9.10. The Balaban J connectivity index is 2.39. The minimum absolute atomic E-state index is 0.141. The number of carbonyl (C=O) groups is 1. The third-order valence-electron chi connectivity index (χ3n) is 3.16. The number of halogens is 3. The van der Waals surface area contributed by atoms with E-state index in [-0.39, 0.29) is 23.1 Å². The molecule has 0 saturated carbocycles. The number of benzene rings is 1. The van der Waals surface area contributed by atoms with Gasteiger partial charge in [0, 0.05) is 18.9 Å². The van der Waals surface area contributed by atoms with Crippen LogP contribution in [0.3, 0.4) is 0 Å². The van der Waals surface area contributed by atoms with Crippen molar-refractivity contribution >= 4 is 43.4 Å². The number of carbonyl (C=O) groups excluding carboxylic acids is 1. The molecule has 0 spiro atoms. The van der Waals surface area contributed by atoms with E-state index in [0.717, 1.165) is 4.90 Å². The maximum absolute atomic E-state index is 13.9. The lowest BCUT2D eigenvalue weighted by atomic mass is 10.1. The van der Waals surface area contributed by atoms with Gasteiger partial charge in [-0.15, -0.1) is 3.89 Å². The third kappa shape index (κ3) is 3.40. The normalized spacial score (nSPS) is 18.8. The van der Waals surface area contributed by atoms with E-state index in [2.05, 4.69) is 15.9 Å². The zero-order valence-corrected chi connectivity index (χ0v) is 13.2. The first-order valence-corrected chi connectivity index (χ1v) is 8.30. The van der Waals surface area contributed by atoms with Crippen LogP contribution in [0.1, 0.15) is 6.42 Å². The van der Waals surface area contributed by atoms with E-state index < -0.39 is 44.2 Å². The molecule has 1 aromatic rings. The van der Waals surface area contributed by atoms with Crippen LogP contribution in [0.5, 0.6) is 0 Å². The highest BCUT2D eigenvalue weighted by Crippen LogP contribution is 2.38. The van der Waals surface area contributed by atoms with Crippen molar-refractivity contribution in [1.82, 2.24) is 0 Å². The zero-order chi connectivity index (χ0) is 16.7. The van der Waals surface area contributed by atoms with Crippen LogP contribution in [0.15, 0.2) is 16.6 Å². The van der Waals surface area contributed by atoms with Gasteiger partial charge in [0.15, 0.2) is 0 Å². The summed E-state index contributed by atoms with van der Waals surface area (Å²) in [4.78, 5) is 22.8. The van der Waals surface area contributed by atoms with E-state index in [1.54, 1.807) is 0 Å². The van der Waals surface area contributed by atoms with E-state index in [1.165, 1.54) is 12.1 Å². The number of nitro benzene ring substituents is 1. The molecule has 11 heteroatoms. The van der Waals surface area contributed by atoms with Gasteiger partial charge in [-0.3, -0.25) is 14.9 Å². The van der Waals surface area contributed by atoms with Gasteiger partial charge in [-0.1, -0.05) is 0 Å². The van der Waals surface area contributed by atoms with Gasteiger partial charge in [0.2, 0.25) is 11.7 Å². The second-order valence-corrected chi connectivity index (χ2v) is 7.03. The summed E-state index contributed by atoms with van der Waals surface area (Å²) in [7, 11) is -4.77. The Labute approximate surface area is 132 Å². The van der Waals surface area contributed by atoms with Crippen molar-refractivity contribution in [3.8, 4) is 0 Å². The van der Waals surface area contributed by atoms with Gasteiger partial charge in [-0.2, -0.15) is 12.8 Å². The fourth-order valence-electron chi connectivity index (χ4n) is 2.33. The van der Waals surface area contributed by atoms with Gasteiger partial charge in [-0.05, 0) is 28.1 Å². The monoisotopic (exact) mass is 398 g/mol. The molecular formula is C11H9BrF2N2O5S. The SMILES string of the molecule is O=C1CC(CS(=O)(=O)F)CN1c1ccc(Br)c(F)c1[N+](=O)[O-]. The van der Waals surface area contributed by atoms with Gasteiger partial charge >= 0.3 is 15.9 Å². The molecule has 0 N–H and O–H groups in total. The zero-order valence-electron chi connectivity index (χ0n) is 10.8. The molecule has 0 aromatic heterocycles. The summed E-state index contributed by atoms with van der Waals surface area (Å²) in [6.45, 7) is -0.232. The van der Waals surface area contributed by atoms with Crippen LogP contribution < -0.4 is 4.90 Å². The average Bonchev–Trinajstić information content (AvgIpc) is 2.70. The van der Waals surface area contributed by atoms with Gasteiger partial charge in [0.1, 0.15) is 5.69 Å². The molecule has 1 amide bonds. The number of amides is 1. The molecule has 2 rings (SSSR count). The third-order valence-corrected chi connectivity index (χ3v) is 4.64. The standard InChI is InChI=1S/C11H9BrF2N2O5S/c12-7-1-2-8(11(10(7)13)16(18)19)15-4-6(3-9(15)17)5-22(14,20)21/h1-2,6H,3-5H2. The topological polar surface area (TPSA) is 97.6 Å². The van der Waals surface area contributed by atoms with E-state index in [1.807, 2.05) is 0 Å². The van der Waals surface area contributed by atoms with E-state index in [4.69, 9.17) is 0 Å². The molecule has 120 valence electrons. The fourth-order valence-corrected chi connectivity index (χ4v) is 3.44. The van der Waals surface area contributed by atoms with E-state index >= 15 is 0 Å². The molecule has 1 aliphatic rings. The lowest BCUT2D eigenvalue weighted by molar-refractivity contribution is -0.386. The quantitative estimate of drug-likeness (QED) is 0.439. The molecule has 0 bridgehead atoms. The second kappa shape index (κ2) is 5.88. The van der Waals surface area contributed by atoms with Gasteiger partial charge in [-0.25, -0.2) is 0 Å². The maximum atomic E-state index is 13.9. The van der Waals surface area contributed by atoms with Crippen LogP contribution in [-0.2, 0) is 15.0 Å². The molecule has 1 aromatic carbocycles. The van der Waals surface area contributed by atoms with Crippen molar-refractivity contribution < 1.29 is 26.4 Å². The smallest absolute Gasteiger partial charge is 0.306 e. The molecule has 0 aliphatic carbocycles. The maximum Gasteiger partial charge on any atom is 0.329 e. The number of nitrogens with zero attached hydrogens (tertiary/aromatic N) is 2. The molecule has 1 fully saturated rings. The lowest BCUT2D eigenvalue weighted by Crippen LogP contribution is -2.26. The lowest BCUT2D eigenvalue weighted by Gasteiger charge is -2.17. The largest absolute Gasteiger partial charge is 0.329 e. The molecular weight excluding hydrogens is 390 g/mol. The molecule has 1 heterocycles. The van der Waals surface area contributed by atoms with Crippen LogP contribution in [0.4, 0.5) is 19.7 Å². The predicted molar refractivity (Wildman–Crippen MR) is 76.1 cm³/mol. The minimum Gasteiger partial charge on any atom is -0.306 e. The van der Waals surface area contributed by atoms with Crippen LogP contribution in [0.2, 0.25) is 0 Å². The Morgan fingerprint density at radius 1 is 1.45 bits per heavy atom. The number of hydrogen-bond donors (Lipinski definition) is 0. The summed E-state index contributed by atoms with van der Waals surface area (Å²) < 4.78 is 47.7. The van der Waals surface area contributed by atoms with Crippen molar-refractivity contribution in [3.05, 3.63) is 32.5 Å². The minimum atomic E-state index is -4.77. The molecule has 7 nitrogen and oxygen atoms in total. The van der Waals surface area contributed by atoms with Crippen molar-refractivity contribution in [2.45, 2.75) is 6.42 Å². The Morgan fingerprint density at radius 2 is 2.09 bits per heavy atom. The molecule has 1 atom stereocenters. The molecule has 1 saturated heterocycles. The molecule has 1 aliphatic heterocycles. The van der Waals surface area contributed by atoms with Crippen molar-refractivity contribution in [2.75, 3.05) is 17.2 Å². The number of rotatable bonds is 4. The van der Waals surface area contributed by atoms with Gasteiger partial charge < -0.3 is 4.90 Å². The number of hydrogen-bond acceptors (Lipinski definition) is 5. The summed E-state index contributed by atoms with van der Waals surface area (Å²) in [5.41, 5.74) is -1.18. The van der Waals surface area contributed by atoms with Crippen molar-refractivity contribution in [2.24, 2.45) is 5.92 Å². The highest BCUT2D eigenvalue weighted by atomic mass is 79.9. The first-order valence-electron chi connectivity index (χ1n) is 5.95. The number of nitro groups is 1. The summed E-state index contributed by atoms with van der Waals surface area (Å²) in [6, 6.07) is 2.37. The Hall–Kier alpha value is -1.62. The first kappa shape index (κ1) is 16.7. The summed E-state index contributed by atoms with van der Waals surface area (Å²) in [6.07, 6.45) is -0.280. The van der Waals surface area contributed by atoms with Gasteiger partial charge in [0.25, 0.3) is 0 Å². The van der Waals surface area contributed by atoms with Crippen molar-refractivity contribution in [1.29, 1.82) is 0 Å².